The van der Waals surface area contributed by atoms with E-state index in [0.29, 0.717) is 4.60 Å². The summed E-state index contributed by atoms with van der Waals surface area (Å²) in [7, 11) is -3.94. The Hall–Kier alpha value is -1.67. The maximum Gasteiger partial charge on any atom is 0.262 e. The molecule has 2 aromatic rings. The quantitative estimate of drug-likeness (QED) is 0.651. The number of nitrogen functional groups attached to an aromatic ring is 1. The van der Waals surface area contributed by atoms with Gasteiger partial charge in [-0.2, -0.15) is 0 Å². The highest BCUT2D eigenvalue weighted by Gasteiger charge is 2.18. The van der Waals surface area contributed by atoms with Crippen LogP contribution in [0.1, 0.15) is 5.56 Å². The molecule has 1 aromatic heterocycles. The molecule has 106 valence electrons. The van der Waals surface area contributed by atoms with Gasteiger partial charge in [0.25, 0.3) is 10.0 Å². The largest absolute Gasteiger partial charge is 0.398 e. The van der Waals surface area contributed by atoms with Crippen molar-refractivity contribution in [2.75, 3.05) is 10.5 Å². The van der Waals surface area contributed by atoms with E-state index >= 15 is 0 Å². The minimum absolute atomic E-state index is 0.0793. The summed E-state index contributed by atoms with van der Waals surface area (Å²) in [5.74, 6) is -0.671. The molecule has 0 unspecified atom stereocenters. The van der Waals surface area contributed by atoms with E-state index in [1.807, 2.05) is 0 Å². The summed E-state index contributed by atoms with van der Waals surface area (Å²) in [5, 5.41) is 0. The van der Waals surface area contributed by atoms with Crippen LogP contribution in [-0.4, -0.2) is 13.4 Å². The number of halogens is 2. The number of aromatic nitrogens is 1. The topological polar surface area (TPSA) is 85.1 Å². The van der Waals surface area contributed by atoms with Crippen LogP contribution in [0.4, 0.5) is 15.8 Å². The standard InChI is InChI=1S/C12H11BrFN3O2S/c1-7-9(14)5-8(6-10(7)15)20(18,19)17-11-3-2-4-16-12(11)13/h2-6,17H,15H2,1H3. The fourth-order valence-corrected chi connectivity index (χ4v) is 3.09. The number of hydrogen-bond acceptors (Lipinski definition) is 4. The van der Waals surface area contributed by atoms with Gasteiger partial charge in [-0.3, -0.25) is 4.72 Å². The van der Waals surface area contributed by atoms with E-state index in [-0.39, 0.29) is 21.8 Å². The molecule has 0 amide bonds. The zero-order chi connectivity index (χ0) is 14.9. The van der Waals surface area contributed by atoms with Gasteiger partial charge in [0.2, 0.25) is 0 Å². The second-order valence-electron chi connectivity index (χ2n) is 4.07. The van der Waals surface area contributed by atoms with Crippen LogP contribution in [0.2, 0.25) is 0 Å². The van der Waals surface area contributed by atoms with Crippen molar-refractivity contribution in [2.45, 2.75) is 11.8 Å². The molecule has 20 heavy (non-hydrogen) atoms. The lowest BCUT2D eigenvalue weighted by Crippen LogP contribution is -2.14. The van der Waals surface area contributed by atoms with Gasteiger partial charge in [0.15, 0.2) is 0 Å². The second-order valence-corrected chi connectivity index (χ2v) is 6.50. The highest BCUT2D eigenvalue weighted by molar-refractivity contribution is 9.10. The van der Waals surface area contributed by atoms with Gasteiger partial charge in [0.1, 0.15) is 10.4 Å². The Morgan fingerprint density at radius 2 is 2.10 bits per heavy atom. The van der Waals surface area contributed by atoms with E-state index in [1.165, 1.54) is 25.3 Å². The molecule has 0 saturated heterocycles. The first-order valence-corrected chi connectivity index (χ1v) is 7.78. The number of nitrogens with one attached hydrogen (secondary N) is 1. The van der Waals surface area contributed by atoms with Crippen LogP contribution in [0.3, 0.4) is 0 Å². The molecular formula is C12H11BrFN3O2S. The maximum atomic E-state index is 13.6. The van der Waals surface area contributed by atoms with E-state index in [9.17, 15) is 12.8 Å². The second kappa shape index (κ2) is 5.37. The molecular weight excluding hydrogens is 349 g/mol. The lowest BCUT2D eigenvalue weighted by molar-refractivity contribution is 0.593. The third kappa shape index (κ3) is 2.91. The molecule has 0 atom stereocenters. The number of pyridine rings is 1. The van der Waals surface area contributed by atoms with Gasteiger partial charge in [-0.1, -0.05) is 0 Å². The predicted molar refractivity (Wildman–Crippen MR) is 78.3 cm³/mol. The van der Waals surface area contributed by atoms with Crippen molar-refractivity contribution in [1.82, 2.24) is 4.98 Å². The van der Waals surface area contributed by atoms with Crippen LogP contribution in [0.15, 0.2) is 40.0 Å². The number of sulfonamides is 1. The van der Waals surface area contributed by atoms with Crippen molar-refractivity contribution < 1.29 is 12.8 Å². The van der Waals surface area contributed by atoms with E-state index in [0.717, 1.165) is 6.07 Å². The summed E-state index contributed by atoms with van der Waals surface area (Å²) >= 11 is 3.13. The van der Waals surface area contributed by atoms with Crippen LogP contribution in [-0.2, 0) is 10.0 Å². The predicted octanol–water partition coefficient (Wildman–Crippen LogP) is 2.67. The van der Waals surface area contributed by atoms with Gasteiger partial charge in [-0.15, -0.1) is 0 Å². The molecule has 0 saturated carbocycles. The van der Waals surface area contributed by atoms with Gasteiger partial charge in [-0.25, -0.2) is 17.8 Å². The number of hydrogen-bond donors (Lipinski definition) is 2. The van der Waals surface area contributed by atoms with E-state index in [2.05, 4.69) is 25.6 Å². The van der Waals surface area contributed by atoms with Crippen molar-refractivity contribution in [1.29, 1.82) is 0 Å². The Morgan fingerprint density at radius 3 is 2.70 bits per heavy atom. The highest BCUT2D eigenvalue weighted by atomic mass is 79.9. The molecule has 0 aliphatic heterocycles. The fraction of sp³-hybridized carbons (Fsp3) is 0.0833. The van der Waals surface area contributed by atoms with Crippen molar-refractivity contribution in [2.24, 2.45) is 0 Å². The fourth-order valence-electron chi connectivity index (χ4n) is 1.50. The average Bonchev–Trinajstić information content (AvgIpc) is 2.38. The molecule has 1 heterocycles. The van der Waals surface area contributed by atoms with Gasteiger partial charge in [-0.05, 0) is 47.1 Å². The molecule has 0 aliphatic carbocycles. The van der Waals surface area contributed by atoms with Crippen molar-refractivity contribution in [3.05, 3.63) is 46.4 Å². The van der Waals surface area contributed by atoms with Crippen LogP contribution < -0.4 is 10.5 Å². The first-order chi connectivity index (χ1) is 9.31. The van der Waals surface area contributed by atoms with Gasteiger partial charge >= 0.3 is 0 Å². The molecule has 0 spiro atoms. The zero-order valence-corrected chi connectivity index (χ0v) is 12.8. The SMILES string of the molecule is Cc1c(N)cc(S(=O)(=O)Nc2cccnc2Br)cc1F. The number of benzene rings is 1. The molecule has 2 rings (SSSR count). The van der Waals surface area contributed by atoms with Crippen molar-refractivity contribution >= 4 is 37.3 Å². The van der Waals surface area contributed by atoms with Crippen molar-refractivity contribution in [3.63, 3.8) is 0 Å². The smallest absolute Gasteiger partial charge is 0.262 e. The summed E-state index contributed by atoms with van der Waals surface area (Å²) in [6.07, 6.45) is 1.51. The van der Waals surface area contributed by atoms with Gasteiger partial charge in [0.05, 0.1) is 10.6 Å². The van der Waals surface area contributed by atoms with Crippen LogP contribution >= 0.6 is 15.9 Å². The Labute approximate surface area is 124 Å². The van der Waals surface area contributed by atoms with Crippen LogP contribution in [0, 0.1) is 12.7 Å². The molecule has 0 bridgehead atoms. The first kappa shape index (κ1) is 14.7. The van der Waals surface area contributed by atoms with E-state index in [1.54, 1.807) is 6.07 Å². The lowest BCUT2D eigenvalue weighted by atomic mass is 10.2. The number of anilines is 2. The molecule has 3 N–H and O–H groups in total. The molecule has 1 aromatic carbocycles. The molecule has 0 fully saturated rings. The summed E-state index contributed by atoms with van der Waals surface area (Å²) in [5.41, 5.74) is 6.14. The van der Waals surface area contributed by atoms with Gasteiger partial charge < -0.3 is 5.73 Å². The summed E-state index contributed by atoms with van der Waals surface area (Å²) in [6, 6.07) is 5.25. The minimum Gasteiger partial charge on any atom is -0.398 e. The number of nitrogens with zero attached hydrogens (tertiary/aromatic N) is 1. The molecule has 0 radical (unpaired) electrons. The van der Waals surface area contributed by atoms with Crippen LogP contribution in [0.5, 0.6) is 0 Å². The van der Waals surface area contributed by atoms with Crippen LogP contribution in [0.25, 0.3) is 0 Å². The van der Waals surface area contributed by atoms with Gasteiger partial charge in [0, 0.05) is 17.4 Å². The molecule has 0 aliphatic rings. The Bertz CT molecular complexity index is 742. The average molecular weight is 360 g/mol. The van der Waals surface area contributed by atoms with Crippen molar-refractivity contribution in [3.8, 4) is 0 Å². The summed E-state index contributed by atoms with van der Waals surface area (Å²) in [6.45, 7) is 1.48. The highest BCUT2D eigenvalue weighted by Crippen LogP contribution is 2.25. The minimum atomic E-state index is -3.94. The number of rotatable bonds is 3. The Morgan fingerprint density at radius 1 is 1.40 bits per heavy atom. The third-order valence-electron chi connectivity index (χ3n) is 2.67. The lowest BCUT2D eigenvalue weighted by Gasteiger charge is -2.11. The summed E-state index contributed by atoms with van der Waals surface area (Å²) in [4.78, 5) is 3.66. The number of nitrogens with two attached hydrogens (primary N) is 1. The normalized spacial score (nSPS) is 11.3. The van der Waals surface area contributed by atoms with E-state index in [4.69, 9.17) is 5.73 Å². The Kier molecular flexibility index (Phi) is 3.96. The zero-order valence-electron chi connectivity index (χ0n) is 10.4. The first-order valence-electron chi connectivity index (χ1n) is 5.50. The molecule has 8 heteroatoms. The molecule has 5 nitrogen and oxygen atoms in total. The summed E-state index contributed by atoms with van der Waals surface area (Å²) < 4.78 is 40.6. The monoisotopic (exact) mass is 359 g/mol. The third-order valence-corrected chi connectivity index (χ3v) is 4.65. The maximum absolute atomic E-state index is 13.6. The van der Waals surface area contributed by atoms with E-state index < -0.39 is 15.8 Å². The Balaban J connectivity index is 2.44.